The van der Waals surface area contributed by atoms with E-state index in [1.807, 2.05) is 13.8 Å². The molecule has 9 heteroatoms. The van der Waals surface area contributed by atoms with Gasteiger partial charge >= 0.3 is 5.69 Å². The summed E-state index contributed by atoms with van der Waals surface area (Å²) in [6, 6.07) is 0. The maximum Gasteiger partial charge on any atom is 0.320 e. The molecule has 2 aromatic rings. The lowest BCUT2D eigenvalue weighted by Crippen LogP contribution is -2.18. The van der Waals surface area contributed by atoms with Gasteiger partial charge in [-0.1, -0.05) is 0 Å². The van der Waals surface area contributed by atoms with Gasteiger partial charge in [0, 0.05) is 13.6 Å². The monoisotopic (exact) mass is 278 g/mol. The van der Waals surface area contributed by atoms with Crippen molar-refractivity contribution in [3.05, 3.63) is 33.9 Å². The average molecular weight is 278 g/mol. The summed E-state index contributed by atoms with van der Waals surface area (Å²) in [5.74, 6) is -0.588. The fraction of sp³-hybridized carbons (Fsp3) is 0.364. The number of rotatable bonds is 4. The van der Waals surface area contributed by atoms with Crippen LogP contribution in [-0.4, -0.2) is 30.4 Å². The number of nitrogens with zero attached hydrogens (tertiary/aromatic N) is 5. The zero-order valence-electron chi connectivity index (χ0n) is 11.3. The summed E-state index contributed by atoms with van der Waals surface area (Å²) in [4.78, 5) is 22.4. The first-order valence-corrected chi connectivity index (χ1v) is 5.95. The first kappa shape index (κ1) is 13.7. The summed E-state index contributed by atoms with van der Waals surface area (Å²) >= 11 is 0. The smallest absolute Gasteiger partial charge is 0.317 e. The highest BCUT2D eigenvalue weighted by molar-refractivity contribution is 6.05. The molecule has 0 aliphatic carbocycles. The minimum atomic E-state index is -0.635. The van der Waals surface area contributed by atoms with Crippen LogP contribution in [0.2, 0.25) is 0 Å². The van der Waals surface area contributed by atoms with Crippen LogP contribution in [0.4, 0.5) is 11.4 Å². The van der Waals surface area contributed by atoms with Crippen LogP contribution in [-0.2, 0) is 13.6 Å². The molecule has 1 N–H and O–H groups in total. The fourth-order valence-electron chi connectivity index (χ4n) is 1.89. The molecule has 20 heavy (non-hydrogen) atoms. The van der Waals surface area contributed by atoms with Crippen molar-refractivity contribution in [1.29, 1.82) is 0 Å². The van der Waals surface area contributed by atoms with Gasteiger partial charge in [-0.15, -0.1) is 0 Å². The van der Waals surface area contributed by atoms with Crippen molar-refractivity contribution >= 4 is 17.3 Å². The van der Waals surface area contributed by atoms with Crippen LogP contribution >= 0.6 is 0 Å². The van der Waals surface area contributed by atoms with E-state index in [1.165, 1.54) is 17.9 Å². The predicted octanol–water partition coefficient (Wildman–Crippen LogP) is 1.11. The SMILES string of the molecule is CCn1ncc(NC(=O)c2c([N+](=O)[O-])cnn2C)c1C. The predicted molar refractivity (Wildman–Crippen MR) is 70.5 cm³/mol. The number of aryl methyl sites for hydroxylation is 2. The highest BCUT2D eigenvalue weighted by Gasteiger charge is 2.26. The maximum absolute atomic E-state index is 12.2. The van der Waals surface area contributed by atoms with Crippen molar-refractivity contribution in [3.63, 3.8) is 0 Å². The van der Waals surface area contributed by atoms with Crippen molar-refractivity contribution in [1.82, 2.24) is 19.6 Å². The summed E-state index contributed by atoms with van der Waals surface area (Å²) in [5, 5.41) is 21.3. The molecule has 1 amide bonds. The Morgan fingerprint density at radius 3 is 2.70 bits per heavy atom. The molecule has 0 unspecified atom stereocenters. The molecule has 0 saturated heterocycles. The lowest BCUT2D eigenvalue weighted by atomic mass is 10.3. The summed E-state index contributed by atoms with van der Waals surface area (Å²) < 4.78 is 2.89. The van der Waals surface area contributed by atoms with Crippen LogP contribution in [0.25, 0.3) is 0 Å². The average Bonchev–Trinajstić information content (AvgIpc) is 2.94. The zero-order chi connectivity index (χ0) is 14.9. The van der Waals surface area contributed by atoms with Gasteiger partial charge in [0.25, 0.3) is 5.91 Å². The third kappa shape index (κ3) is 2.25. The largest absolute Gasteiger partial charge is 0.320 e. The topological polar surface area (TPSA) is 108 Å². The number of carbonyl (C=O) groups excluding carboxylic acids is 1. The molecule has 2 aromatic heterocycles. The molecule has 2 rings (SSSR count). The Bertz CT molecular complexity index is 672. The Labute approximate surface area is 114 Å². The van der Waals surface area contributed by atoms with E-state index < -0.39 is 10.8 Å². The summed E-state index contributed by atoms with van der Waals surface area (Å²) in [7, 11) is 1.48. The van der Waals surface area contributed by atoms with Gasteiger partial charge in [-0.2, -0.15) is 10.2 Å². The van der Waals surface area contributed by atoms with Crippen LogP contribution in [0.3, 0.4) is 0 Å². The molecule has 9 nitrogen and oxygen atoms in total. The molecule has 0 bridgehead atoms. The van der Waals surface area contributed by atoms with Crippen LogP contribution in [0.15, 0.2) is 12.4 Å². The van der Waals surface area contributed by atoms with Gasteiger partial charge in [-0.05, 0) is 13.8 Å². The molecule has 0 fully saturated rings. The molecule has 0 spiro atoms. The summed E-state index contributed by atoms with van der Waals surface area (Å²) in [5.41, 5.74) is 0.877. The quantitative estimate of drug-likeness (QED) is 0.665. The Hall–Kier alpha value is -2.71. The molecular weight excluding hydrogens is 264 g/mol. The summed E-state index contributed by atoms with van der Waals surface area (Å²) in [6.45, 7) is 4.41. The van der Waals surface area contributed by atoms with Gasteiger partial charge in [-0.25, -0.2) is 0 Å². The van der Waals surface area contributed by atoms with Crippen LogP contribution < -0.4 is 5.32 Å². The van der Waals surface area contributed by atoms with Crippen molar-refractivity contribution in [2.24, 2.45) is 7.05 Å². The fourth-order valence-corrected chi connectivity index (χ4v) is 1.89. The number of hydrogen-bond donors (Lipinski definition) is 1. The van der Waals surface area contributed by atoms with Crippen LogP contribution in [0, 0.1) is 17.0 Å². The lowest BCUT2D eigenvalue weighted by molar-refractivity contribution is -0.385. The normalized spacial score (nSPS) is 10.6. The Balaban J connectivity index is 2.31. The number of aromatic nitrogens is 4. The first-order chi connectivity index (χ1) is 9.45. The van der Waals surface area contributed by atoms with Gasteiger partial charge in [-0.3, -0.25) is 24.3 Å². The number of amides is 1. The third-order valence-electron chi connectivity index (χ3n) is 2.98. The van der Waals surface area contributed by atoms with E-state index in [1.54, 1.807) is 4.68 Å². The van der Waals surface area contributed by atoms with E-state index in [0.29, 0.717) is 12.2 Å². The van der Waals surface area contributed by atoms with E-state index in [-0.39, 0.29) is 11.4 Å². The van der Waals surface area contributed by atoms with Gasteiger partial charge in [0.1, 0.15) is 6.20 Å². The molecule has 2 heterocycles. The molecule has 106 valence electrons. The standard InChI is InChI=1S/C11H14N6O3/c1-4-16-7(2)8(5-13-16)14-11(18)10-9(17(19)20)6-12-15(10)3/h5-6H,4H2,1-3H3,(H,14,18). The highest BCUT2D eigenvalue weighted by Crippen LogP contribution is 2.20. The summed E-state index contributed by atoms with van der Waals surface area (Å²) in [6.07, 6.45) is 2.57. The Kier molecular flexibility index (Phi) is 3.51. The highest BCUT2D eigenvalue weighted by atomic mass is 16.6. The number of anilines is 1. The van der Waals surface area contributed by atoms with Gasteiger partial charge in [0.15, 0.2) is 0 Å². The van der Waals surface area contributed by atoms with Crippen molar-refractivity contribution in [2.45, 2.75) is 20.4 Å². The number of carbonyl (C=O) groups is 1. The third-order valence-corrected chi connectivity index (χ3v) is 2.98. The van der Waals surface area contributed by atoms with Gasteiger partial charge in [0.2, 0.25) is 5.69 Å². The van der Waals surface area contributed by atoms with Crippen molar-refractivity contribution in [2.75, 3.05) is 5.32 Å². The van der Waals surface area contributed by atoms with E-state index in [9.17, 15) is 14.9 Å². The Morgan fingerprint density at radius 1 is 1.45 bits per heavy atom. The van der Waals surface area contributed by atoms with Crippen LogP contribution in [0.5, 0.6) is 0 Å². The number of nitrogens with one attached hydrogen (secondary N) is 1. The second-order valence-electron chi connectivity index (χ2n) is 4.17. The van der Waals surface area contributed by atoms with E-state index in [4.69, 9.17) is 0 Å². The van der Waals surface area contributed by atoms with Gasteiger partial charge in [0.05, 0.1) is 22.5 Å². The molecular formula is C11H14N6O3. The van der Waals surface area contributed by atoms with Crippen molar-refractivity contribution in [3.8, 4) is 0 Å². The molecule has 0 aliphatic rings. The molecule has 0 radical (unpaired) electrons. The van der Waals surface area contributed by atoms with Gasteiger partial charge < -0.3 is 5.32 Å². The molecule has 0 atom stereocenters. The second-order valence-corrected chi connectivity index (χ2v) is 4.17. The van der Waals surface area contributed by atoms with E-state index >= 15 is 0 Å². The minimum absolute atomic E-state index is 0.0985. The number of hydrogen-bond acceptors (Lipinski definition) is 5. The minimum Gasteiger partial charge on any atom is -0.317 e. The Morgan fingerprint density at radius 2 is 2.15 bits per heavy atom. The number of nitro groups is 1. The maximum atomic E-state index is 12.2. The van der Waals surface area contributed by atoms with E-state index in [0.717, 1.165) is 11.9 Å². The zero-order valence-corrected chi connectivity index (χ0v) is 11.3. The molecule has 0 aromatic carbocycles. The first-order valence-electron chi connectivity index (χ1n) is 5.95. The second kappa shape index (κ2) is 5.11. The molecule has 0 aliphatic heterocycles. The van der Waals surface area contributed by atoms with E-state index in [2.05, 4.69) is 15.5 Å². The lowest BCUT2D eigenvalue weighted by Gasteiger charge is -2.05. The van der Waals surface area contributed by atoms with Crippen LogP contribution in [0.1, 0.15) is 23.1 Å². The van der Waals surface area contributed by atoms with Crippen molar-refractivity contribution < 1.29 is 9.72 Å². The molecule has 0 saturated carbocycles.